The molecule has 3 rings (SSSR count). The van der Waals surface area contributed by atoms with E-state index in [0.717, 1.165) is 11.6 Å². The number of nitrogens with zero attached hydrogens (tertiary/aromatic N) is 2. The first-order valence-corrected chi connectivity index (χ1v) is 9.80. The summed E-state index contributed by atoms with van der Waals surface area (Å²) >= 11 is 0. The Bertz CT molecular complexity index is 892. The quantitative estimate of drug-likeness (QED) is 0.888. The topological polar surface area (TPSA) is 79.4 Å². The van der Waals surface area contributed by atoms with Gasteiger partial charge in [0.25, 0.3) is 0 Å². The van der Waals surface area contributed by atoms with Gasteiger partial charge in [-0.15, -0.1) is 0 Å². The van der Waals surface area contributed by atoms with Gasteiger partial charge in [0.2, 0.25) is 15.9 Å². The number of anilines is 1. The van der Waals surface area contributed by atoms with E-state index in [2.05, 4.69) is 10.3 Å². The normalized spacial score (nSPS) is 16.4. The van der Waals surface area contributed by atoms with Crippen molar-refractivity contribution in [2.24, 2.45) is 5.92 Å². The van der Waals surface area contributed by atoms with Crippen LogP contribution in [0, 0.1) is 18.7 Å². The summed E-state index contributed by atoms with van der Waals surface area (Å²) in [5.74, 6) is -0.769. The molecule has 0 saturated carbocycles. The van der Waals surface area contributed by atoms with Crippen molar-refractivity contribution in [3.8, 4) is 0 Å². The summed E-state index contributed by atoms with van der Waals surface area (Å²) in [6.07, 6.45) is 2.43. The smallest absolute Gasteiger partial charge is 0.245 e. The highest BCUT2D eigenvalue weighted by Crippen LogP contribution is 2.26. The predicted octanol–water partition coefficient (Wildman–Crippen LogP) is 2.57. The molecule has 1 fully saturated rings. The molecule has 6 nitrogen and oxygen atoms in total. The van der Waals surface area contributed by atoms with Crippen LogP contribution < -0.4 is 5.32 Å². The first-order valence-electron chi connectivity index (χ1n) is 8.36. The molecule has 8 heteroatoms. The van der Waals surface area contributed by atoms with Gasteiger partial charge in [-0.1, -0.05) is 18.2 Å². The maximum Gasteiger partial charge on any atom is 0.245 e. The molecule has 26 heavy (non-hydrogen) atoms. The lowest BCUT2D eigenvalue weighted by Gasteiger charge is -2.30. The molecule has 1 aromatic heterocycles. The zero-order valence-corrected chi connectivity index (χ0v) is 15.2. The van der Waals surface area contributed by atoms with E-state index in [1.54, 1.807) is 12.3 Å². The fourth-order valence-electron chi connectivity index (χ4n) is 2.92. The number of benzene rings is 1. The van der Waals surface area contributed by atoms with E-state index in [9.17, 15) is 17.6 Å². The summed E-state index contributed by atoms with van der Waals surface area (Å²) in [6.45, 7) is 2.26. The van der Waals surface area contributed by atoms with Gasteiger partial charge in [-0.3, -0.25) is 4.79 Å². The van der Waals surface area contributed by atoms with Crippen molar-refractivity contribution in [1.82, 2.24) is 9.29 Å². The molecule has 0 unspecified atom stereocenters. The van der Waals surface area contributed by atoms with Crippen LogP contribution in [0.5, 0.6) is 0 Å². The van der Waals surface area contributed by atoms with Crippen molar-refractivity contribution in [3.63, 3.8) is 0 Å². The third-order valence-electron chi connectivity index (χ3n) is 4.44. The summed E-state index contributed by atoms with van der Waals surface area (Å²) in [5.41, 5.74) is 0.995. The maximum absolute atomic E-state index is 13.8. The molecule has 0 atom stereocenters. The van der Waals surface area contributed by atoms with Crippen molar-refractivity contribution < 1.29 is 17.6 Å². The van der Waals surface area contributed by atoms with Crippen molar-refractivity contribution in [1.29, 1.82) is 0 Å². The molecule has 1 saturated heterocycles. The highest BCUT2D eigenvalue weighted by molar-refractivity contribution is 7.89. The predicted molar refractivity (Wildman–Crippen MR) is 95.5 cm³/mol. The highest BCUT2D eigenvalue weighted by Gasteiger charge is 2.33. The Morgan fingerprint density at radius 3 is 2.50 bits per heavy atom. The van der Waals surface area contributed by atoms with Gasteiger partial charge in [0.15, 0.2) is 0 Å². The number of aryl methyl sites for hydroxylation is 1. The Morgan fingerprint density at radius 1 is 1.19 bits per heavy atom. The van der Waals surface area contributed by atoms with Gasteiger partial charge < -0.3 is 5.32 Å². The van der Waals surface area contributed by atoms with E-state index in [1.807, 2.05) is 13.0 Å². The standard InChI is InChI=1S/C18H20FN3O3S/c1-13-6-7-17(20-12-13)21-18(23)14-8-10-22(11-9-14)26(24,25)16-5-3-2-4-15(16)19/h2-7,12,14H,8-11H2,1H3,(H,20,21,23). The number of amides is 1. The molecule has 1 aromatic carbocycles. The number of hydrogen-bond donors (Lipinski definition) is 1. The lowest BCUT2D eigenvalue weighted by Crippen LogP contribution is -2.41. The van der Waals surface area contributed by atoms with Crippen LogP contribution in [-0.4, -0.2) is 36.7 Å². The average Bonchev–Trinajstić information content (AvgIpc) is 2.64. The summed E-state index contributed by atoms with van der Waals surface area (Å²) in [4.78, 5) is 16.2. The molecule has 0 spiro atoms. The Morgan fingerprint density at radius 2 is 1.88 bits per heavy atom. The average molecular weight is 377 g/mol. The maximum atomic E-state index is 13.8. The van der Waals surface area contributed by atoms with Gasteiger partial charge in [0.1, 0.15) is 16.5 Å². The van der Waals surface area contributed by atoms with Crippen LogP contribution in [0.2, 0.25) is 0 Å². The molecular formula is C18H20FN3O3S. The molecule has 138 valence electrons. The fourth-order valence-corrected chi connectivity index (χ4v) is 4.46. The van der Waals surface area contributed by atoms with Crippen molar-refractivity contribution in [2.75, 3.05) is 18.4 Å². The summed E-state index contributed by atoms with van der Waals surface area (Å²) in [7, 11) is -3.89. The molecule has 0 radical (unpaired) electrons. The number of aromatic nitrogens is 1. The van der Waals surface area contributed by atoms with Gasteiger partial charge in [-0.05, 0) is 43.5 Å². The zero-order chi connectivity index (χ0) is 18.7. The van der Waals surface area contributed by atoms with Gasteiger partial charge in [0, 0.05) is 25.2 Å². The molecule has 2 aromatic rings. The number of pyridine rings is 1. The Labute approximate surface area is 152 Å². The molecule has 1 aliphatic heterocycles. The lowest BCUT2D eigenvalue weighted by molar-refractivity contribution is -0.120. The highest BCUT2D eigenvalue weighted by atomic mass is 32.2. The van der Waals surface area contributed by atoms with Gasteiger partial charge in [-0.25, -0.2) is 17.8 Å². The van der Waals surface area contributed by atoms with Gasteiger partial charge in [0.05, 0.1) is 0 Å². The largest absolute Gasteiger partial charge is 0.310 e. The van der Waals surface area contributed by atoms with Gasteiger partial charge >= 0.3 is 0 Å². The fraction of sp³-hybridized carbons (Fsp3) is 0.333. The summed E-state index contributed by atoms with van der Waals surface area (Å²) < 4.78 is 40.2. The number of halogens is 1. The molecule has 1 N–H and O–H groups in total. The van der Waals surface area contributed by atoms with Gasteiger partial charge in [-0.2, -0.15) is 4.31 Å². The summed E-state index contributed by atoms with van der Waals surface area (Å²) in [6, 6.07) is 8.90. The number of nitrogens with one attached hydrogen (secondary N) is 1. The number of rotatable bonds is 4. The minimum Gasteiger partial charge on any atom is -0.310 e. The van der Waals surface area contributed by atoms with E-state index >= 15 is 0 Å². The monoisotopic (exact) mass is 377 g/mol. The third kappa shape index (κ3) is 3.91. The number of carbonyl (C=O) groups is 1. The number of carbonyl (C=O) groups excluding carboxylic acids is 1. The van der Waals surface area contributed by atoms with Crippen LogP contribution in [0.1, 0.15) is 18.4 Å². The molecule has 1 amide bonds. The number of hydrogen-bond acceptors (Lipinski definition) is 4. The summed E-state index contributed by atoms with van der Waals surface area (Å²) in [5, 5.41) is 2.76. The van der Waals surface area contributed by atoms with E-state index in [4.69, 9.17) is 0 Å². The van der Waals surface area contributed by atoms with Crippen molar-refractivity contribution >= 4 is 21.7 Å². The SMILES string of the molecule is Cc1ccc(NC(=O)C2CCN(S(=O)(=O)c3ccccc3F)CC2)nc1. The first kappa shape index (κ1) is 18.5. The minimum absolute atomic E-state index is 0.177. The second-order valence-corrected chi connectivity index (χ2v) is 8.23. The number of piperidine rings is 1. The molecule has 2 heterocycles. The van der Waals surface area contributed by atoms with Crippen LogP contribution >= 0.6 is 0 Å². The van der Waals surface area contributed by atoms with E-state index < -0.39 is 15.8 Å². The van der Waals surface area contributed by atoms with Crippen LogP contribution in [0.4, 0.5) is 10.2 Å². The van der Waals surface area contributed by atoms with Crippen molar-refractivity contribution in [2.45, 2.75) is 24.7 Å². The van der Waals surface area contributed by atoms with E-state index in [0.29, 0.717) is 18.7 Å². The first-order chi connectivity index (χ1) is 12.4. The van der Waals surface area contributed by atoms with Crippen LogP contribution in [0.25, 0.3) is 0 Å². The van der Waals surface area contributed by atoms with E-state index in [-0.39, 0.29) is 29.8 Å². The van der Waals surface area contributed by atoms with Crippen LogP contribution in [-0.2, 0) is 14.8 Å². The zero-order valence-electron chi connectivity index (χ0n) is 14.4. The minimum atomic E-state index is -3.89. The molecular weight excluding hydrogens is 357 g/mol. The lowest BCUT2D eigenvalue weighted by atomic mass is 9.97. The Kier molecular flexibility index (Phi) is 5.33. The molecule has 0 aliphatic carbocycles. The molecule has 0 bridgehead atoms. The Balaban J connectivity index is 1.62. The molecule has 1 aliphatic rings. The van der Waals surface area contributed by atoms with Crippen LogP contribution in [0.15, 0.2) is 47.5 Å². The second kappa shape index (κ2) is 7.51. The van der Waals surface area contributed by atoms with Crippen molar-refractivity contribution in [3.05, 3.63) is 54.0 Å². The number of sulfonamides is 1. The van der Waals surface area contributed by atoms with E-state index in [1.165, 1.54) is 22.5 Å². The third-order valence-corrected chi connectivity index (χ3v) is 6.37. The van der Waals surface area contributed by atoms with Crippen LogP contribution in [0.3, 0.4) is 0 Å². The second-order valence-electron chi connectivity index (χ2n) is 6.32. The Hall–Kier alpha value is -2.32.